The Balaban J connectivity index is 0.00000300. The minimum Gasteiger partial charge on any atom is -0.352 e. The minimum absolute atomic E-state index is 0. The molecule has 3 rings (SSSR count). The third kappa shape index (κ3) is 5.37. The van der Waals surface area contributed by atoms with Crippen LogP contribution in [-0.4, -0.2) is 29.3 Å². The molecule has 1 heterocycles. The molecular weight excluding hydrogens is 386 g/mol. The topological polar surface area (TPSA) is 75.4 Å². The van der Waals surface area contributed by atoms with Gasteiger partial charge in [0.1, 0.15) is 6.04 Å². The second kappa shape index (κ2) is 10.4. The summed E-state index contributed by atoms with van der Waals surface area (Å²) >= 11 is 0. The van der Waals surface area contributed by atoms with E-state index in [1.807, 2.05) is 68.4 Å². The minimum atomic E-state index is -0.501. The highest BCUT2D eigenvalue weighted by atomic mass is 35.5. The molecule has 2 aromatic rings. The van der Waals surface area contributed by atoms with Crippen molar-refractivity contribution in [2.24, 2.45) is 11.7 Å². The van der Waals surface area contributed by atoms with Crippen LogP contribution in [0.5, 0.6) is 0 Å². The lowest BCUT2D eigenvalue weighted by atomic mass is 9.92. The predicted octanol–water partition coefficient (Wildman–Crippen LogP) is 3.22. The summed E-state index contributed by atoms with van der Waals surface area (Å²) in [6.07, 6.45) is 1.29. The highest BCUT2D eigenvalue weighted by Crippen LogP contribution is 2.25. The van der Waals surface area contributed by atoms with E-state index in [2.05, 4.69) is 5.32 Å². The molecule has 0 bridgehead atoms. The molecule has 0 radical (unpaired) electrons. The van der Waals surface area contributed by atoms with Crippen molar-refractivity contribution >= 4 is 24.2 Å². The van der Waals surface area contributed by atoms with Crippen molar-refractivity contribution in [1.29, 1.82) is 0 Å². The molecule has 29 heavy (non-hydrogen) atoms. The van der Waals surface area contributed by atoms with Gasteiger partial charge in [0.2, 0.25) is 11.8 Å². The second-order valence-electron chi connectivity index (χ2n) is 7.53. The Hall–Kier alpha value is -2.37. The summed E-state index contributed by atoms with van der Waals surface area (Å²) in [5, 5.41) is 2.97. The summed E-state index contributed by atoms with van der Waals surface area (Å²) in [6.45, 7) is 4.73. The number of carbonyl (C=O) groups is 2. The maximum Gasteiger partial charge on any atom is 0.243 e. The quantitative estimate of drug-likeness (QED) is 0.760. The molecule has 5 nitrogen and oxygen atoms in total. The third-order valence-electron chi connectivity index (χ3n) is 5.59. The van der Waals surface area contributed by atoms with Crippen molar-refractivity contribution in [3.05, 3.63) is 71.3 Å². The van der Waals surface area contributed by atoms with Crippen molar-refractivity contribution in [1.82, 2.24) is 10.2 Å². The highest BCUT2D eigenvalue weighted by molar-refractivity contribution is 5.89. The number of hydrogen-bond donors (Lipinski definition) is 2. The van der Waals surface area contributed by atoms with Gasteiger partial charge in [0, 0.05) is 31.5 Å². The van der Waals surface area contributed by atoms with Crippen LogP contribution in [0.25, 0.3) is 0 Å². The number of nitrogens with zero attached hydrogens (tertiary/aromatic N) is 1. The fraction of sp³-hybridized carbons (Fsp3) is 0.391. The Kier molecular flexibility index (Phi) is 8.23. The number of carbonyl (C=O) groups excluding carboxylic acids is 2. The Morgan fingerprint density at radius 3 is 2.38 bits per heavy atom. The van der Waals surface area contributed by atoms with Crippen molar-refractivity contribution in [2.75, 3.05) is 6.54 Å². The summed E-state index contributed by atoms with van der Waals surface area (Å²) in [4.78, 5) is 27.7. The number of nitrogens with one attached hydrogen (secondary N) is 1. The molecule has 1 aliphatic rings. The Bertz CT molecular complexity index is 828. The molecule has 1 aliphatic heterocycles. The van der Waals surface area contributed by atoms with E-state index >= 15 is 0 Å². The number of fused-ring (bicyclic) bond motifs is 1. The van der Waals surface area contributed by atoms with Gasteiger partial charge < -0.3 is 16.0 Å². The van der Waals surface area contributed by atoms with E-state index in [-0.39, 0.29) is 36.2 Å². The normalized spacial score (nSPS) is 17.5. The fourth-order valence-corrected chi connectivity index (χ4v) is 3.59. The first kappa shape index (κ1) is 22.9. The van der Waals surface area contributed by atoms with E-state index in [0.717, 1.165) is 23.1 Å². The molecular formula is C23H30ClN3O2. The predicted molar refractivity (Wildman–Crippen MR) is 118 cm³/mol. The van der Waals surface area contributed by atoms with Crippen LogP contribution in [0.2, 0.25) is 0 Å². The van der Waals surface area contributed by atoms with Crippen LogP contribution < -0.4 is 11.1 Å². The van der Waals surface area contributed by atoms with Crippen molar-refractivity contribution in [2.45, 2.75) is 45.3 Å². The molecule has 0 saturated carbocycles. The average Bonchev–Trinajstić information content (AvgIpc) is 2.75. The number of hydrogen-bond acceptors (Lipinski definition) is 3. The molecule has 3 atom stereocenters. The van der Waals surface area contributed by atoms with Gasteiger partial charge in [-0.25, -0.2) is 0 Å². The highest BCUT2D eigenvalue weighted by Gasteiger charge is 2.35. The summed E-state index contributed by atoms with van der Waals surface area (Å²) in [7, 11) is 0. The first-order valence-corrected chi connectivity index (χ1v) is 9.96. The van der Waals surface area contributed by atoms with Gasteiger partial charge in [-0.1, -0.05) is 68.4 Å². The van der Waals surface area contributed by atoms with Gasteiger partial charge in [0.25, 0.3) is 0 Å². The molecule has 0 aromatic heterocycles. The Labute approximate surface area is 179 Å². The molecule has 3 unspecified atom stereocenters. The summed E-state index contributed by atoms with van der Waals surface area (Å²) < 4.78 is 0. The van der Waals surface area contributed by atoms with Crippen molar-refractivity contribution < 1.29 is 9.59 Å². The third-order valence-corrected chi connectivity index (χ3v) is 5.59. The van der Waals surface area contributed by atoms with E-state index in [9.17, 15) is 9.59 Å². The largest absolute Gasteiger partial charge is 0.352 e. The standard InChI is InChI=1S/C23H29N3O2.ClH/c1-3-16(2)23(28)26-15-19-12-8-7-11-18(19)13-21(26)22(27)25-14-20(24)17-9-5-4-6-10-17;/h4-12,16,20-21H,3,13-15,24H2,1-2H3,(H,25,27);1H. The molecule has 0 spiro atoms. The van der Waals surface area contributed by atoms with Crippen LogP contribution in [0.15, 0.2) is 54.6 Å². The monoisotopic (exact) mass is 415 g/mol. The van der Waals surface area contributed by atoms with E-state index in [4.69, 9.17) is 5.73 Å². The van der Waals surface area contributed by atoms with Crippen molar-refractivity contribution in [3.8, 4) is 0 Å². The van der Waals surface area contributed by atoms with Crippen LogP contribution in [0, 0.1) is 5.92 Å². The summed E-state index contributed by atoms with van der Waals surface area (Å²) in [5.41, 5.74) is 9.44. The lowest BCUT2D eigenvalue weighted by molar-refractivity contribution is -0.144. The van der Waals surface area contributed by atoms with Crippen molar-refractivity contribution in [3.63, 3.8) is 0 Å². The van der Waals surface area contributed by atoms with Crippen LogP contribution in [0.4, 0.5) is 0 Å². The van der Waals surface area contributed by atoms with Gasteiger partial charge in [-0.3, -0.25) is 9.59 Å². The molecule has 0 saturated heterocycles. The molecule has 0 aliphatic carbocycles. The molecule has 0 fully saturated rings. The number of benzene rings is 2. The van der Waals surface area contributed by atoms with Crippen LogP contribution in [0.1, 0.15) is 43.0 Å². The lowest BCUT2D eigenvalue weighted by Crippen LogP contribution is -2.54. The zero-order valence-electron chi connectivity index (χ0n) is 17.0. The lowest BCUT2D eigenvalue weighted by Gasteiger charge is -2.37. The Morgan fingerprint density at radius 1 is 1.10 bits per heavy atom. The zero-order chi connectivity index (χ0) is 20.1. The molecule has 3 N–H and O–H groups in total. The second-order valence-corrected chi connectivity index (χ2v) is 7.53. The SMILES string of the molecule is CCC(C)C(=O)N1Cc2ccccc2CC1C(=O)NCC(N)c1ccccc1.Cl. The van der Waals surface area contributed by atoms with Gasteiger partial charge in [0.05, 0.1) is 0 Å². The maximum atomic E-state index is 13.0. The van der Waals surface area contributed by atoms with Crippen LogP contribution in [-0.2, 0) is 22.6 Å². The number of nitrogens with two attached hydrogens (primary N) is 1. The molecule has 6 heteroatoms. The van der Waals surface area contributed by atoms with Gasteiger partial charge in [-0.2, -0.15) is 0 Å². The molecule has 156 valence electrons. The number of rotatable bonds is 6. The van der Waals surface area contributed by atoms with E-state index in [1.54, 1.807) is 4.90 Å². The number of halogens is 1. The van der Waals surface area contributed by atoms with Gasteiger partial charge in [-0.05, 0) is 23.1 Å². The number of amides is 2. The summed E-state index contributed by atoms with van der Waals surface area (Å²) in [6, 6.07) is 16.9. The zero-order valence-corrected chi connectivity index (χ0v) is 17.8. The van der Waals surface area contributed by atoms with E-state index in [1.165, 1.54) is 0 Å². The van der Waals surface area contributed by atoms with Gasteiger partial charge in [-0.15, -0.1) is 12.4 Å². The van der Waals surface area contributed by atoms with E-state index < -0.39 is 6.04 Å². The maximum absolute atomic E-state index is 13.0. The smallest absolute Gasteiger partial charge is 0.243 e. The first-order chi connectivity index (χ1) is 13.5. The fourth-order valence-electron chi connectivity index (χ4n) is 3.59. The van der Waals surface area contributed by atoms with Crippen LogP contribution in [0.3, 0.4) is 0 Å². The summed E-state index contributed by atoms with van der Waals surface area (Å²) in [5.74, 6) is -0.214. The van der Waals surface area contributed by atoms with Gasteiger partial charge in [0.15, 0.2) is 0 Å². The van der Waals surface area contributed by atoms with Crippen LogP contribution >= 0.6 is 12.4 Å². The Morgan fingerprint density at radius 2 is 1.72 bits per heavy atom. The van der Waals surface area contributed by atoms with Gasteiger partial charge >= 0.3 is 0 Å². The van der Waals surface area contributed by atoms with E-state index in [0.29, 0.717) is 19.5 Å². The average molecular weight is 416 g/mol. The molecule has 2 aromatic carbocycles. The molecule has 2 amide bonds. The first-order valence-electron chi connectivity index (χ1n) is 9.96.